The van der Waals surface area contributed by atoms with E-state index in [0.29, 0.717) is 0 Å². The average Bonchev–Trinajstić information content (AvgIpc) is 2.32. The second-order valence-electron chi connectivity index (χ2n) is 3.28. The second kappa shape index (κ2) is 7.87. The van der Waals surface area contributed by atoms with E-state index in [2.05, 4.69) is 4.74 Å². The van der Waals surface area contributed by atoms with Crippen LogP contribution in [-0.2, 0) is 4.74 Å². The largest absolute Gasteiger partial charge is 0.394 e. The van der Waals surface area contributed by atoms with E-state index in [9.17, 15) is 0 Å². The molecule has 0 amide bonds. The molecule has 0 radical (unpaired) electrons. The summed E-state index contributed by atoms with van der Waals surface area (Å²) in [5.41, 5.74) is 0. The van der Waals surface area contributed by atoms with Crippen LogP contribution in [0.3, 0.4) is 0 Å². The molecule has 0 bridgehead atoms. The molecule has 0 fully saturated rings. The molecular weight excluding hydrogens is 224 g/mol. The lowest BCUT2D eigenvalue weighted by Gasteiger charge is -2.23. The van der Waals surface area contributed by atoms with E-state index < -0.39 is 50.5 Å². The zero-order valence-corrected chi connectivity index (χ0v) is 8.55. The Bertz CT molecular complexity index is 177. The van der Waals surface area contributed by atoms with Gasteiger partial charge in [0.25, 0.3) is 0 Å². The Labute approximate surface area is 92.0 Å². The van der Waals surface area contributed by atoms with E-state index in [1.807, 2.05) is 0 Å². The number of hydrogen-bond acceptors (Lipinski definition) is 8. The highest BCUT2D eigenvalue weighted by molar-refractivity contribution is 4.70. The summed E-state index contributed by atoms with van der Waals surface area (Å²) in [7, 11) is 0. The van der Waals surface area contributed by atoms with Crippen LogP contribution in [0.25, 0.3) is 0 Å². The summed E-state index contributed by atoms with van der Waals surface area (Å²) in [6.07, 6.45) is -7.98. The van der Waals surface area contributed by atoms with Crippen molar-refractivity contribution in [3.63, 3.8) is 0 Å². The van der Waals surface area contributed by atoms with Gasteiger partial charge >= 0.3 is 0 Å². The van der Waals surface area contributed by atoms with Crippen LogP contribution >= 0.6 is 0 Å². The van der Waals surface area contributed by atoms with E-state index in [1.54, 1.807) is 0 Å². The van der Waals surface area contributed by atoms with Crippen molar-refractivity contribution in [1.82, 2.24) is 0 Å². The first kappa shape index (κ1) is 15.7. The third kappa shape index (κ3) is 5.14. The van der Waals surface area contributed by atoms with Crippen molar-refractivity contribution in [3.8, 4) is 0 Å². The minimum absolute atomic E-state index is 0.544. The first-order valence-corrected chi connectivity index (χ1v) is 4.67. The van der Waals surface area contributed by atoms with E-state index in [4.69, 9.17) is 35.7 Å². The fourth-order valence-corrected chi connectivity index (χ4v) is 0.827. The lowest BCUT2D eigenvalue weighted by molar-refractivity contribution is -0.208. The van der Waals surface area contributed by atoms with Crippen LogP contribution in [0.1, 0.15) is 0 Å². The molecule has 0 aliphatic heterocycles. The van der Waals surface area contributed by atoms with Gasteiger partial charge in [-0.25, -0.2) is 0 Å². The fraction of sp³-hybridized carbons (Fsp3) is 1.00. The van der Waals surface area contributed by atoms with Crippen LogP contribution in [0.4, 0.5) is 0 Å². The zero-order chi connectivity index (χ0) is 12.7. The van der Waals surface area contributed by atoms with Crippen LogP contribution in [0.2, 0.25) is 0 Å². The van der Waals surface area contributed by atoms with E-state index in [0.717, 1.165) is 0 Å². The Morgan fingerprint density at radius 1 is 0.750 bits per heavy atom. The predicted octanol–water partition coefficient (Wildman–Crippen LogP) is -4.25. The third-order valence-corrected chi connectivity index (χ3v) is 1.94. The SMILES string of the molecule is OC[C@@H](O)[C@H](O)C(O)OC[C@H](O)[C@H](O)CO. The number of ether oxygens (including phenoxy) is 1. The van der Waals surface area contributed by atoms with Gasteiger partial charge in [-0.2, -0.15) is 0 Å². The molecule has 5 atom stereocenters. The molecule has 98 valence electrons. The van der Waals surface area contributed by atoms with Crippen molar-refractivity contribution < 1.29 is 40.5 Å². The summed E-state index contributed by atoms with van der Waals surface area (Å²) in [5, 5.41) is 62.1. The number of rotatable bonds is 8. The Balaban J connectivity index is 3.92. The van der Waals surface area contributed by atoms with E-state index in [-0.39, 0.29) is 0 Å². The van der Waals surface area contributed by atoms with Gasteiger partial charge in [0.05, 0.1) is 19.8 Å². The lowest BCUT2D eigenvalue weighted by Crippen LogP contribution is -2.43. The Kier molecular flexibility index (Phi) is 7.72. The van der Waals surface area contributed by atoms with Gasteiger partial charge < -0.3 is 40.5 Å². The second-order valence-corrected chi connectivity index (χ2v) is 3.28. The standard InChI is InChI=1S/C8H18O8/c9-1-4(11)6(13)3-16-8(15)7(14)5(12)2-10/h4-15H,1-3H2/t4-,5-,6+,7+,8?/m1/s1. The van der Waals surface area contributed by atoms with Crippen LogP contribution in [0.5, 0.6) is 0 Å². The molecule has 0 aromatic carbocycles. The van der Waals surface area contributed by atoms with Gasteiger partial charge in [-0.15, -0.1) is 0 Å². The summed E-state index contributed by atoms with van der Waals surface area (Å²) in [6, 6.07) is 0. The zero-order valence-electron chi connectivity index (χ0n) is 8.55. The molecule has 0 aromatic heterocycles. The van der Waals surface area contributed by atoms with Crippen molar-refractivity contribution in [1.29, 1.82) is 0 Å². The number of aliphatic hydroxyl groups is 7. The Hall–Kier alpha value is -0.320. The lowest BCUT2D eigenvalue weighted by atomic mass is 10.2. The van der Waals surface area contributed by atoms with Gasteiger partial charge in [0.15, 0.2) is 6.29 Å². The van der Waals surface area contributed by atoms with Gasteiger partial charge in [-0.1, -0.05) is 0 Å². The predicted molar refractivity (Wildman–Crippen MR) is 50.2 cm³/mol. The van der Waals surface area contributed by atoms with Crippen molar-refractivity contribution >= 4 is 0 Å². The molecule has 7 N–H and O–H groups in total. The number of hydrogen-bond donors (Lipinski definition) is 7. The van der Waals surface area contributed by atoms with Crippen LogP contribution in [-0.4, -0.2) is 86.3 Å². The molecule has 0 saturated carbocycles. The van der Waals surface area contributed by atoms with E-state index in [1.165, 1.54) is 0 Å². The highest BCUT2D eigenvalue weighted by Crippen LogP contribution is 2.03. The first-order chi connectivity index (χ1) is 7.43. The molecule has 0 aliphatic carbocycles. The number of aliphatic hydroxyl groups excluding tert-OH is 7. The summed E-state index contributed by atoms with van der Waals surface area (Å²) in [6.45, 7) is -1.98. The molecule has 1 unspecified atom stereocenters. The first-order valence-electron chi connectivity index (χ1n) is 4.67. The quantitative estimate of drug-likeness (QED) is 0.211. The summed E-state index contributed by atoms with van der Waals surface area (Å²) >= 11 is 0. The van der Waals surface area contributed by atoms with Gasteiger partial charge in [-0.3, -0.25) is 0 Å². The molecule has 0 saturated heterocycles. The normalized spacial score (nSPS) is 21.2. The van der Waals surface area contributed by atoms with Crippen molar-refractivity contribution in [2.75, 3.05) is 19.8 Å². The molecule has 16 heavy (non-hydrogen) atoms. The van der Waals surface area contributed by atoms with Gasteiger partial charge in [0, 0.05) is 0 Å². The molecule has 8 nitrogen and oxygen atoms in total. The molecule has 0 heterocycles. The molecule has 0 aromatic rings. The third-order valence-electron chi connectivity index (χ3n) is 1.94. The highest BCUT2D eigenvalue weighted by atomic mass is 16.6. The monoisotopic (exact) mass is 242 g/mol. The summed E-state index contributed by atoms with van der Waals surface area (Å²) in [5.74, 6) is 0. The highest BCUT2D eigenvalue weighted by Gasteiger charge is 2.26. The van der Waals surface area contributed by atoms with Gasteiger partial charge in [0.1, 0.15) is 24.4 Å². The smallest absolute Gasteiger partial charge is 0.183 e. The van der Waals surface area contributed by atoms with Crippen molar-refractivity contribution in [3.05, 3.63) is 0 Å². The van der Waals surface area contributed by atoms with Crippen molar-refractivity contribution in [2.24, 2.45) is 0 Å². The molecule has 8 heteroatoms. The van der Waals surface area contributed by atoms with Crippen LogP contribution < -0.4 is 0 Å². The van der Waals surface area contributed by atoms with Crippen LogP contribution in [0.15, 0.2) is 0 Å². The minimum Gasteiger partial charge on any atom is -0.394 e. The van der Waals surface area contributed by atoms with Gasteiger partial charge in [0.2, 0.25) is 0 Å². The van der Waals surface area contributed by atoms with Gasteiger partial charge in [-0.05, 0) is 0 Å². The molecule has 0 rings (SSSR count). The topological polar surface area (TPSA) is 151 Å². The summed E-state index contributed by atoms with van der Waals surface area (Å²) < 4.78 is 4.52. The Morgan fingerprint density at radius 3 is 1.69 bits per heavy atom. The maximum Gasteiger partial charge on any atom is 0.183 e. The maximum atomic E-state index is 9.12. The molecule has 0 spiro atoms. The fourth-order valence-electron chi connectivity index (χ4n) is 0.827. The Morgan fingerprint density at radius 2 is 1.25 bits per heavy atom. The summed E-state index contributed by atoms with van der Waals surface area (Å²) in [4.78, 5) is 0. The van der Waals surface area contributed by atoms with Crippen LogP contribution in [0, 0.1) is 0 Å². The van der Waals surface area contributed by atoms with Crippen molar-refractivity contribution in [2.45, 2.75) is 30.7 Å². The van der Waals surface area contributed by atoms with E-state index >= 15 is 0 Å². The molecule has 0 aliphatic rings. The molecular formula is C8H18O8. The average molecular weight is 242 g/mol. The minimum atomic E-state index is -1.82. The maximum absolute atomic E-state index is 9.12.